The molecule has 0 aliphatic carbocycles. The van der Waals surface area contributed by atoms with Gasteiger partial charge in [0.2, 0.25) is 0 Å². The van der Waals surface area contributed by atoms with Crippen LogP contribution in [0.5, 0.6) is 11.5 Å². The first-order chi connectivity index (χ1) is 15.6. The maximum atomic E-state index is 12.4. The number of benzene rings is 3. The average Bonchev–Trinajstić information content (AvgIpc) is 2.82. The molecule has 0 aromatic heterocycles. The lowest BCUT2D eigenvalue weighted by atomic mass is 10.2. The Morgan fingerprint density at radius 2 is 1.50 bits per heavy atom. The van der Waals surface area contributed by atoms with Gasteiger partial charge in [0.1, 0.15) is 11.5 Å². The number of hydrogen-bond donors (Lipinski definition) is 0. The topological polar surface area (TPSA) is 47.9 Å². The fourth-order valence-electron chi connectivity index (χ4n) is 3.05. The van der Waals surface area contributed by atoms with E-state index in [9.17, 15) is 4.79 Å². The quantitative estimate of drug-likeness (QED) is 0.131. The molecule has 0 saturated carbocycles. The Bertz CT molecular complexity index is 997. The van der Waals surface area contributed by atoms with Crippen molar-refractivity contribution in [3.8, 4) is 11.5 Å². The second-order valence-electron chi connectivity index (χ2n) is 7.48. The lowest BCUT2D eigenvalue weighted by Crippen LogP contribution is -2.08. The van der Waals surface area contributed by atoms with E-state index in [0.717, 1.165) is 23.4 Å². The summed E-state index contributed by atoms with van der Waals surface area (Å²) in [5.74, 6) is 0.839. The zero-order valence-electron chi connectivity index (χ0n) is 18.3. The molecule has 0 fully saturated rings. The van der Waals surface area contributed by atoms with Crippen molar-refractivity contribution in [2.24, 2.45) is 4.99 Å². The highest BCUT2D eigenvalue weighted by atomic mass is 35.5. The first-order valence-corrected chi connectivity index (χ1v) is 11.4. The largest absolute Gasteiger partial charge is 0.494 e. The molecule has 0 N–H and O–H groups in total. The van der Waals surface area contributed by atoms with Crippen LogP contribution < -0.4 is 9.47 Å². The molecule has 3 aromatic carbocycles. The molecule has 166 valence electrons. The first-order valence-electron chi connectivity index (χ1n) is 11.0. The van der Waals surface area contributed by atoms with Crippen LogP contribution in [0, 0.1) is 0 Å². The van der Waals surface area contributed by atoms with Crippen molar-refractivity contribution in [2.75, 3.05) is 6.61 Å². The van der Waals surface area contributed by atoms with Crippen molar-refractivity contribution in [1.82, 2.24) is 0 Å². The van der Waals surface area contributed by atoms with E-state index in [1.165, 1.54) is 25.7 Å². The SMILES string of the molecule is CCCCCCCOc1ccc(C(=O)Oc2ccc(C=Nc3ccc(Cl)cc3)cc2)cc1. The van der Waals surface area contributed by atoms with Gasteiger partial charge in [-0.3, -0.25) is 4.99 Å². The van der Waals surface area contributed by atoms with Gasteiger partial charge < -0.3 is 9.47 Å². The minimum Gasteiger partial charge on any atom is -0.494 e. The van der Waals surface area contributed by atoms with Crippen molar-refractivity contribution in [2.45, 2.75) is 39.0 Å². The molecule has 5 heteroatoms. The van der Waals surface area contributed by atoms with Crippen molar-refractivity contribution in [3.05, 3.63) is 88.9 Å². The molecule has 0 radical (unpaired) electrons. The van der Waals surface area contributed by atoms with Gasteiger partial charge in [-0.1, -0.05) is 44.2 Å². The van der Waals surface area contributed by atoms with E-state index >= 15 is 0 Å². The average molecular weight is 450 g/mol. The number of ether oxygens (including phenoxy) is 2. The Morgan fingerprint density at radius 3 is 2.19 bits per heavy atom. The summed E-state index contributed by atoms with van der Waals surface area (Å²) in [6, 6.07) is 21.5. The Morgan fingerprint density at radius 1 is 0.844 bits per heavy atom. The number of rotatable bonds is 11. The Labute approximate surface area is 194 Å². The molecule has 0 unspecified atom stereocenters. The van der Waals surface area contributed by atoms with Crippen molar-refractivity contribution in [3.63, 3.8) is 0 Å². The van der Waals surface area contributed by atoms with Crippen LogP contribution in [-0.2, 0) is 0 Å². The standard InChI is InChI=1S/C27H28ClNO3/c1-2-3-4-5-6-19-31-25-17-9-22(10-18-25)27(30)32-26-15-7-21(8-16-26)20-29-24-13-11-23(28)12-14-24/h7-18,20H,2-6,19H2,1H3. The summed E-state index contributed by atoms with van der Waals surface area (Å²) in [6.07, 6.45) is 7.74. The minimum absolute atomic E-state index is 0.404. The van der Waals surface area contributed by atoms with Gasteiger partial charge in [0, 0.05) is 11.2 Å². The third-order valence-corrected chi connectivity index (χ3v) is 5.14. The number of nitrogens with zero attached hydrogens (tertiary/aromatic N) is 1. The second kappa shape index (κ2) is 12.7. The molecule has 0 heterocycles. The number of aliphatic imine (C=N–C) groups is 1. The van der Waals surface area contributed by atoms with Crippen molar-refractivity contribution in [1.29, 1.82) is 0 Å². The maximum Gasteiger partial charge on any atom is 0.343 e. The van der Waals surface area contributed by atoms with Gasteiger partial charge in [-0.2, -0.15) is 0 Å². The number of unbranched alkanes of at least 4 members (excludes halogenated alkanes) is 4. The van der Waals surface area contributed by atoms with Crippen molar-refractivity contribution >= 4 is 29.5 Å². The Kier molecular flexibility index (Phi) is 9.33. The normalized spacial score (nSPS) is 10.9. The third-order valence-electron chi connectivity index (χ3n) is 4.89. The number of esters is 1. The van der Waals surface area contributed by atoms with Gasteiger partial charge in [-0.05, 0) is 84.8 Å². The lowest BCUT2D eigenvalue weighted by molar-refractivity contribution is 0.0734. The molecule has 0 aliphatic rings. The molecular formula is C27H28ClNO3. The number of hydrogen-bond acceptors (Lipinski definition) is 4. The molecule has 4 nitrogen and oxygen atoms in total. The molecule has 3 aromatic rings. The van der Waals surface area contributed by atoms with E-state index in [4.69, 9.17) is 21.1 Å². The predicted octanol–water partition coefficient (Wildman–Crippen LogP) is 7.66. The molecule has 0 bridgehead atoms. The van der Waals surface area contributed by atoms with E-state index in [1.807, 2.05) is 24.3 Å². The summed E-state index contributed by atoms with van der Waals surface area (Å²) >= 11 is 5.88. The Balaban J connectivity index is 1.47. The predicted molar refractivity (Wildman–Crippen MR) is 131 cm³/mol. The minimum atomic E-state index is -0.404. The van der Waals surface area contributed by atoms with Crippen LogP contribution in [0.2, 0.25) is 5.02 Å². The van der Waals surface area contributed by atoms with Crippen LogP contribution in [0.3, 0.4) is 0 Å². The molecule has 0 amide bonds. The monoisotopic (exact) mass is 449 g/mol. The summed E-state index contributed by atoms with van der Waals surface area (Å²) in [5, 5.41) is 0.676. The van der Waals surface area contributed by atoms with Crippen LogP contribution in [0.1, 0.15) is 54.9 Å². The number of carbonyl (C=O) groups is 1. The van der Waals surface area contributed by atoms with Gasteiger partial charge >= 0.3 is 5.97 Å². The van der Waals surface area contributed by atoms with E-state index in [-0.39, 0.29) is 0 Å². The van der Waals surface area contributed by atoms with E-state index < -0.39 is 5.97 Å². The zero-order valence-corrected chi connectivity index (χ0v) is 19.1. The maximum absolute atomic E-state index is 12.4. The van der Waals surface area contributed by atoms with Gasteiger partial charge in [-0.15, -0.1) is 0 Å². The summed E-state index contributed by atoms with van der Waals surface area (Å²) < 4.78 is 11.2. The summed E-state index contributed by atoms with van der Waals surface area (Å²) in [6.45, 7) is 2.90. The molecular weight excluding hydrogens is 422 g/mol. The van der Waals surface area contributed by atoms with Crippen molar-refractivity contribution < 1.29 is 14.3 Å². The molecule has 3 rings (SSSR count). The molecule has 0 atom stereocenters. The van der Waals surface area contributed by atoms with Gasteiger partial charge in [0.15, 0.2) is 0 Å². The summed E-state index contributed by atoms with van der Waals surface area (Å²) in [7, 11) is 0. The fourth-order valence-corrected chi connectivity index (χ4v) is 3.17. The van der Waals surface area contributed by atoms with Gasteiger partial charge in [-0.25, -0.2) is 4.79 Å². The van der Waals surface area contributed by atoms with Crippen LogP contribution in [0.15, 0.2) is 77.8 Å². The smallest absolute Gasteiger partial charge is 0.343 e. The highest BCUT2D eigenvalue weighted by Gasteiger charge is 2.09. The van der Waals surface area contributed by atoms with Gasteiger partial charge in [0.05, 0.1) is 17.9 Å². The highest BCUT2D eigenvalue weighted by molar-refractivity contribution is 6.30. The molecule has 0 saturated heterocycles. The molecule has 0 spiro atoms. The van der Waals surface area contributed by atoms with Crippen LogP contribution >= 0.6 is 11.6 Å². The van der Waals surface area contributed by atoms with Crippen LogP contribution in [0.25, 0.3) is 0 Å². The lowest BCUT2D eigenvalue weighted by Gasteiger charge is -2.08. The Hall–Kier alpha value is -3.11. The molecule has 0 aliphatic heterocycles. The first kappa shape index (κ1) is 23.6. The van der Waals surface area contributed by atoms with Gasteiger partial charge in [0.25, 0.3) is 0 Å². The van der Waals surface area contributed by atoms with E-state index in [0.29, 0.717) is 22.9 Å². The number of carbonyl (C=O) groups excluding carboxylic acids is 1. The third kappa shape index (κ3) is 7.86. The van der Waals surface area contributed by atoms with E-state index in [1.54, 1.807) is 54.7 Å². The van der Waals surface area contributed by atoms with Crippen LogP contribution in [0.4, 0.5) is 5.69 Å². The fraction of sp³-hybridized carbons (Fsp3) is 0.259. The van der Waals surface area contributed by atoms with E-state index in [2.05, 4.69) is 11.9 Å². The highest BCUT2D eigenvalue weighted by Crippen LogP contribution is 2.19. The van der Waals surface area contributed by atoms with Crippen LogP contribution in [-0.4, -0.2) is 18.8 Å². The molecule has 32 heavy (non-hydrogen) atoms. The zero-order chi connectivity index (χ0) is 22.6. The number of halogens is 1. The second-order valence-corrected chi connectivity index (χ2v) is 7.92. The summed E-state index contributed by atoms with van der Waals surface area (Å²) in [5.41, 5.74) is 2.19. The summed E-state index contributed by atoms with van der Waals surface area (Å²) in [4.78, 5) is 16.8.